The van der Waals surface area contributed by atoms with E-state index in [0.29, 0.717) is 12.2 Å². The highest BCUT2D eigenvalue weighted by molar-refractivity contribution is 5.89. The molecule has 0 aliphatic heterocycles. The second kappa shape index (κ2) is 6.20. The van der Waals surface area contributed by atoms with Crippen LogP contribution in [0.2, 0.25) is 0 Å². The molecule has 0 spiro atoms. The van der Waals surface area contributed by atoms with Gasteiger partial charge in [-0.3, -0.25) is 0 Å². The lowest BCUT2D eigenvalue weighted by molar-refractivity contribution is 0.141. The molecule has 0 fully saturated rings. The summed E-state index contributed by atoms with van der Waals surface area (Å²) in [6.45, 7) is 4.15. The number of nitrogens with one attached hydrogen (secondary N) is 1. The van der Waals surface area contributed by atoms with Crippen molar-refractivity contribution in [3.05, 3.63) is 30.1 Å². The molecule has 1 atom stereocenters. The van der Waals surface area contributed by atoms with Gasteiger partial charge in [0, 0.05) is 18.8 Å². The Bertz CT molecular complexity index is 383. The fourth-order valence-corrected chi connectivity index (χ4v) is 1.44. The van der Waals surface area contributed by atoms with E-state index in [1.165, 1.54) is 23.1 Å². The second-order valence-corrected chi connectivity index (χ2v) is 3.83. The van der Waals surface area contributed by atoms with Gasteiger partial charge in [0.15, 0.2) is 0 Å². The summed E-state index contributed by atoms with van der Waals surface area (Å²) >= 11 is 0. The quantitative estimate of drug-likeness (QED) is 0.846. The number of amides is 2. The molecular formula is C12H17FN2O2. The van der Waals surface area contributed by atoms with Gasteiger partial charge in [-0.15, -0.1) is 0 Å². The van der Waals surface area contributed by atoms with Crippen LogP contribution in [0.1, 0.15) is 13.8 Å². The lowest BCUT2D eigenvalue weighted by Gasteiger charge is -2.22. The van der Waals surface area contributed by atoms with Crippen molar-refractivity contribution in [1.82, 2.24) is 4.90 Å². The van der Waals surface area contributed by atoms with E-state index >= 15 is 0 Å². The average Bonchev–Trinajstić information content (AvgIpc) is 2.25. The maximum absolute atomic E-state index is 12.9. The first kappa shape index (κ1) is 13.4. The summed E-state index contributed by atoms with van der Waals surface area (Å²) < 4.78 is 12.9. The van der Waals surface area contributed by atoms with E-state index in [2.05, 4.69) is 5.32 Å². The zero-order valence-corrected chi connectivity index (χ0v) is 9.98. The van der Waals surface area contributed by atoms with Gasteiger partial charge in [0.05, 0.1) is 6.10 Å². The first-order chi connectivity index (χ1) is 8.02. The molecule has 2 N–H and O–H groups in total. The molecule has 0 aliphatic rings. The number of rotatable bonds is 4. The number of anilines is 1. The molecule has 1 aromatic rings. The SMILES string of the molecule is CCN(C[C@H](C)O)C(=O)Nc1cccc(F)c1. The van der Waals surface area contributed by atoms with Crippen LogP contribution in [0.15, 0.2) is 24.3 Å². The number of benzene rings is 1. The van der Waals surface area contributed by atoms with Crippen LogP contribution in [0.25, 0.3) is 0 Å². The number of halogens is 1. The minimum absolute atomic E-state index is 0.248. The summed E-state index contributed by atoms with van der Waals surface area (Å²) in [6.07, 6.45) is -0.590. The third kappa shape index (κ3) is 4.40. The average molecular weight is 240 g/mol. The number of aliphatic hydroxyl groups excluding tert-OH is 1. The number of likely N-dealkylation sites (N-methyl/N-ethyl adjacent to an activating group) is 1. The van der Waals surface area contributed by atoms with Crippen molar-refractivity contribution in [3.8, 4) is 0 Å². The summed E-state index contributed by atoms with van der Waals surface area (Å²) in [5.74, 6) is -0.402. The minimum atomic E-state index is -0.590. The Labute approximate surface area is 100 Å². The van der Waals surface area contributed by atoms with Crippen molar-refractivity contribution >= 4 is 11.7 Å². The van der Waals surface area contributed by atoms with Gasteiger partial charge < -0.3 is 15.3 Å². The molecular weight excluding hydrogens is 223 g/mol. The number of nitrogens with zero attached hydrogens (tertiary/aromatic N) is 1. The molecule has 0 saturated heterocycles. The van der Waals surface area contributed by atoms with Gasteiger partial charge in [-0.2, -0.15) is 0 Å². The largest absolute Gasteiger partial charge is 0.392 e. The van der Waals surface area contributed by atoms with Crippen molar-refractivity contribution in [2.24, 2.45) is 0 Å². The maximum atomic E-state index is 12.9. The van der Waals surface area contributed by atoms with Crippen LogP contribution >= 0.6 is 0 Å². The molecule has 2 amide bonds. The Morgan fingerprint density at radius 3 is 2.82 bits per heavy atom. The van der Waals surface area contributed by atoms with Crippen LogP contribution in [0.5, 0.6) is 0 Å². The number of hydrogen-bond acceptors (Lipinski definition) is 2. The molecule has 0 heterocycles. The van der Waals surface area contributed by atoms with Gasteiger partial charge in [0.25, 0.3) is 0 Å². The van der Waals surface area contributed by atoms with Crippen LogP contribution in [-0.2, 0) is 0 Å². The van der Waals surface area contributed by atoms with Crippen molar-refractivity contribution in [1.29, 1.82) is 0 Å². The lowest BCUT2D eigenvalue weighted by Crippen LogP contribution is -2.39. The van der Waals surface area contributed by atoms with Gasteiger partial charge >= 0.3 is 6.03 Å². The normalized spacial score (nSPS) is 12.0. The van der Waals surface area contributed by atoms with Crippen LogP contribution < -0.4 is 5.32 Å². The van der Waals surface area contributed by atoms with Gasteiger partial charge in [-0.1, -0.05) is 6.07 Å². The number of carbonyl (C=O) groups excluding carboxylic acids is 1. The van der Waals surface area contributed by atoms with Crippen molar-refractivity contribution in [2.45, 2.75) is 20.0 Å². The van der Waals surface area contributed by atoms with Crippen LogP contribution in [0.4, 0.5) is 14.9 Å². The van der Waals surface area contributed by atoms with Gasteiger partial charge in [-0.25, -0.2) is 9.18 Å². The Hall–Kier alpha value is -1.62. The Kier molecular flexibility index (Phi) is 4.90. The fourth-order valence-electron chi connectivity index (χ4n) is 1.44. The topological polar surface area (TPSA) is 52.6 Å². The lowest BCUT2D eigenvalue weighted by atomic mass is 10.3. The number of hydrogen-bond donors (Lipinski definition) is 2. The Balaban J connectivity index is 2.64. The number of aliphatic hydroxyl groups is 1. The van der Waals surface area contributed by atoms with Gasteiger partial charge in [0.1, 0.15) is 5.82 Å². The molecule has 94 valence electrons. The van der Waals surface area contributed by atoms with Gasteiger partial charge in [-0.05, 0) is 32.0 Å². The molecule has 5 heteroatoms. The third-order valence-corrected chi connectivity index (χ3v) is 2.23. The standard InChI is InChI=1S/C12H17FN2O2/c1-3-15(8-9(2)16)12(17)14-11-6-4-5-10(13)7-11/h4-7,9,16H,3,8H2,1-2H3,(H,14,17)/t9-/m0/s1. The van der Waals surface area contributed by atoms with Crippen LogP contribution in [0, 0.1) is 5.82 Å². The summed E-state index contributed by atoms with van der Waals surface area (Å²) in [4.78, 5) is 13.2. The summed E-state index contributed by atoms with van der Waals surface area (Å²) in [5.41, 5.74) is 0.402. The molecule has 0 bridgehead atoms. The van der Waals surface area contributed by atoms with E-state index in [9.17, 15) is 14.3 Å². The monoisotopic (exact) mass is 240 g/mol. The van der Waals surface area contributed by atoms with E-state index in [1.807, 2.05) is 6.92 Å². The van der Waals surface area contributed by atoms with E-state index < -0.39 is 11.9 Å². The Morgan fingerprint density at radius 2 is 2.29 bits per heavy atom. The molecule has 0 saturated carbocycles. The molecule has 4 nitrogen and oxygen atoms in total. The molecule has 0 unspecified atom stereocenters. The molecule has 0 radical (unpaired) electrons. The molecule has 1 rings (SSSR count). The summed E-state index contributed by atoms with van der Waals surface area (Å²) in [5, 5.41) is 11.8. The zero-order valence-electron chi connectivity index (χ0n) is 9.98. The van der Waals surface area contributed by atoms with Crippen molar-refractivity contribution in [3.63, 3.8) is 0 Å². The second-order valence-electron chi connectivity index (χ2n) is 3.83. The highest BCUT2D eigenvalue weighted by Crippen LogP contribution is 2.10. The summed E-state index contributed by atoms with van der Waals surface area (Å²) in [6, 6.07) is 5.34. The first-order valence-corrected chi connectivity index (χ1v) is 5.52. The molecule has 1 aromatic carbocycles. The van der Waals surface area contributed by atoms with Crippen LogP contribution in [-0.4, -0.2) is 35.2 Å². The zero-order chi connectivity index (χ0) is 12.8. The van der Waals surface area contributed by atoms with E-state index in [-0.39, 0.29) is 12.6 Å². The third-order valence-electron chi connectivity index (χ3n) is 2.23. The minimum Gasteiger partial charge on any atom is -0.392 e. The van der Waals surface area contributed by atoms with E-state index in [0.717, 1.165) is 0 Å². The fraction of sp³-hybridized carbons (Fsp3) is 0.417. The highest BCUT2D eigenvalue weighted by Gasteiger charge is 2.13. The Morgan fingerprint density at radius 1 is 1.59 bits per heavy atom. The number of carbonyl (C=O) groups is 1. The van der Waals surface area contributed by atoms with Gasteiger partial charge in [0.2, 0.25) is 0 Å². The van der Waals surface area contributed by atoms with E-state index in [1.54, 1.807) is 13.0 Å². The smallest absolute Gasteiger partial charge is 0.321 e. The molecule has 17 heavy (non-hydrogen) atoms. The first-order valence-electron chi connectivity index (χ1n) is 5.52. The van der Waals surface area contributed by atoms with Crippen LogP contribution in [0.3, 0.4) is 0 Å². The molecule has 0 aliphatic carbocycles. The summed E-state index contributed by atoms with van der Waals surface area (Å²) in [7, 11) is 0. The predicted molar refractivity (Wildman–Crippen MR) is 64.3 cm³/mol. The highest BCUT2D eigenvalue weighted by atomic mass is 19.1. The van der Waals surface area contributed by atoms with E-state index in [4.69, 9.17) is 0 Å². The van der Waals surface area contributed by atoms with Crippen molar-refractivity contribution < 1.29 is 14.3 Å². The number of urea groups is 1. The predicted octanol–water partition coefficient (Wildman–Crippen LogP) is 2.06. The van der Waals surface area contributed by atoms with Crippen molar-refractivity contribution in [2.75, 3.05) is 18.4 Å². The maximum Gasteiger partial charge on any atom is 0.321 e. The molecule has 0 aromatic heterocycles.